The summed E-state index contributed by atoms with van der Waals surface area (Å²) in [5.74, 6) is 4.36. The molecule has 3 heteroatoms. The van der Waals surface area contributed by atoms with E-state index in [9.17, 15) is 9.90 Å². The highest BCUT2D eigenvalue weighted by Crippen LogP contribution is 2.68. The van der Waals surface area contributed by atoms with Crippen molar-refractivity contribution in [3.8, 4) is 0 Å². The number of hydrogen-bond donors (Lipinski definition) is 2. The Kier molecular flexibility index (Phi) is 6.10. The van der Waals surface area contributed by atoms with Gasteiger partial charge in [-0.1, -0.05) is 33.6 Å². The van der Waals surface area contributed by atoms with Crippen LogP contribution in [0.3, 0.4) is 0 Å². The van der Waals surface area contributed by atoms with Crippen LogP contribution in [0.15, 0.2) is 0 Å². The third-order valence-corrected chi connectivity index (χ3v) is 10.7. The molecule has 0 aromatic heterocycles. The highest BCUT2D eigenvalue weighted by Gasteiger charge is 2.60. The SMILES string of the molecule is C[C@H](CCCCC(=O)O)[C@H]1CC[C@H]2[C@@H]3CC[C@@H]4C[C@H](O)CC[C@]4(C)[C@H]3CC[C@]12C. The van der Waals surface area contributed by atoms with E-state index in [0.717, 1.165) is 61.2 Å². The molecule has 0 aliphatic heterocycles. The van der Waals surface area contributed by atoms with Crippen LogP contribution in [0.5, 0.6) is 0 Å². The Hall–Kier alpha value is -0.570. The lowest BCUT2D eigenvalue weighted by molar-refractivity contribution is -0.137. The van der Waals surface area contributed by atoms with Gasteiger partial charge in [0.05, 0.1) is 6.10 Å². The lowest BCUT2D eigenvalue weighted by Crippen LogP contribution is -2.54. The van der Waals surface area contributed by atoms with Gasteiger partial charge < -0.3 is 10.2 Å². The van der Waals surface area contributed by atoms with E-state index >= 15 is 0 Å². The molecule has 0 aromatic rings. The van der Waals surface area contributed by atoms with E-state index in [1.54, 1.807) is 0 Å². The number of hydrogen-bond acceptors (Lipinski definition) is 2. The molecule has 4 aliphatic rings. The van der Waals surface area contributed by atoms with E-state index < -0.39 is 5.97 Å². The van der Waals surface area contributed by atoms with Crippen LogP contribution in [0.1, 0.15) is 104 Å². The van der Waals surface area contributed by atoms with Gasteiger partial charge in [0.15, 0.2) is 0 Å². The number of aliphatic hydroxyl groups is 1. The van der Waals surface area contributed by atoms with Gasteiger partial charge in [0.25, 0.3) is 0 Å². The highest BCUT2D eigenvalue weighted by atomic mass is 16.4. The summed E-state index contributed by atoms with van der Waals surface area (Å²) in [4.78, 5) is 10.8. The zero-order valence-electron chi connectivity index (χ0n) is 19.0. The van der Waals surface area contributed by atoms with Gasteiger partial charge in [0.1, 0.15) is 0 Å². The van der Waals surface area contributed by atoms with E-state index in [0.29, 0.717) is 17.3 Å². The average Bonchev–Trinajstić information content (AvgIpc) is 3.03. The standard InChI is InChI=1S/C26H44O3/c1-17(6-4-5-7-24(28)29)21-10-11-22-20-9-8-18-16-19(27)12-14-25(18,2)23(20)13-15-26(21,22)3/h17-23,27H,4-16H2,1-3H3,(H,28,29)/t17-,18-,19-,20+,21-,22+,23+,25+,26-/m1/s1. The largest absolute Gasteiger partial charge is 0.481 e. The minimum Gasteiger partial charge on any atom is -0.481 e. The van der Waals surface area contributed by atoms with Crippen LogP contribution >= 0.6 is 0 Å². The maximum Gasteiger partial charge on any atom is 0.303 e. The summed E-state index contributed by atoms with van der Waals surface area (Å²) < 4.78 is 0. The van der Waals surface area contributed by atoms with Gasteiger partial charge in [0.2, 0.25) is 0 Å². The molecule has 4 saturated carbocycles. The number of carbonyl (C=O) groups is 1. The Labute approximate surface area is 178 Å². The van der Waals surface area contributed by atoms with Crippen LogP contribution in [0.4, 0.5) is 0 Å². The van der Waals surface area contributed by atoms with Crippen molar-refractivity contribution in [3.63, 3.8) is 0 Å². The van der Waals surface area contributed by atoms with Crippen LogP contribution in [-0.2, 0) is 4.79 Å². The fourth-order valence-corrected chi connectivity index (χ4v) is 9.15. The first-order chi connectivity index (χ1) is 13.8. The molecule has 0 spiro atoms. The maximum atomic E-state index is 10.8. The molecular formula is C26H44O3. The lowest BCUT2D eigenvalue weighted by Gasteiger charge is -2.61. The number of fused-ring (bicyclic) bond motifs is 5. The molecule has 166 valence electrons. The Bertz CT molecular complexity index is 603. The van der Waals surface area contributed by atoms with Crippen LogP contribution in [-0.4, -0.2) is 22.3 Å². The van der Waals surface area contributed by atoms with Crippen molar-refractivity contribution in [2.45, 2.75) is 110 Å². The molecule has 4 aliphatic carbocycles. The van der Waals surface area contributed by atoms with E-state index in [2.05, 4.69) is 20.8 Å². The van der Waals surface area contributed by atoms with Crippen molar-refractivity contribution < 1.29 is 15.0 Å². The number of rotatable bonds is 6. The Morgan fingerprint density at radius 1 is 0.966 bits per heavy atom. The summed E-state index contributed by atoms with van der Waals surface area (Å²) in [6, 6.07) is 0. The number of carboxylic acid groups (broad SMARTS) is 1. The second-order valence-corrected chi connectivity index (χ2v) is 11.9. The van der Waals surface area contributed by atoms with Gasteiger partial charge in [-0.2, -0.15) is 0 Å². The van der Waals surface area contributed by atoms with E-state index in [4.69, 9.17) is 5.11 Å². The normalized spacial score (nSPS) is 47.7. The first-order valence-electron chi connectivity index (χ1n) is 12.7. The smallest absolute Gasteiger partial charge is 0.303 e. The van der Waals surface area contributed by atoms with Crippen LogP contribution in [0.2, 0.25) is 0 Å². The lowest BCUT2D eigenvalue weighted by atomic mass is 9.44. The summed E-state index contributed by atoms with van der Waals surface area (Å²) in [5, 5.41) is 19.1. The van der Waals surface area contributed by atoms with Gasteiger partial charge in [-0.3, -0.25) is 4.79 Å². The quantitative estimate of drug-likeness (QED) is 0.512. The third-order valence-electron chi connectivity index (χ3n) is 10.7. The second-order valence-electron chi connectivity index (χ2n) is 11.9. The molecule has 2 N–H and O–H groups in total. The molecule has 3 nitrogen and oxygen atoms in total. The number of aliphatic carboxylic acids is 1. The first-order valence-corrected chi connectivity index (χ1v) is 12.7. The summed E-state index contributed by atoms with van der Waals surface area (Å²) in [5.41, 5.74) is 0.981. The molecular weight excluding hydrogens is 360 g/mol. The molecule has 0 unspecified atom stereocenters. The molecule has 0 amide bonds. The molecule has 0 aromatic carbocycles. The second kappa shape index (κ2) is 8.17. The topological polar surface area (TPSA) is 57.5 Å². The molecule has 0 radical (unpaired) electrons. The molecule has 29 heavy (non-hydrogen) atoms. The van der Waals surface area contributed by atoms with Crippen molar-refractivity contribution in [2.75, 3.05) is 0 Å². The Balaban J connectivity index is 1.42. The zero-order chi connectivity index (χ0) is 20.8. The minimum absolute atomic E-state index is 0.0451. The van der Waals surface area contributed by atoms with E-state index in [-0.39, 0.29) is 6.10 Å². The fraction of sp³-hybridized carbons (Fsp3) is 0.962. The molecule has 4 fully saturated rings. The van der Waals surface area contributed by atoms with Gasteiger partial charge in [-0.15, -0.1) is 0 Å². The molecule has 4 rings (SSSR count). The van der Waals surface area contributed by atoms with E-state index in [1.165, 1.54) is 51.4 Å². The van der Waals surface area contributed by atoms with Gasteiger partial charge >= 0.3 is 5.97 Å². The maximum absolute atomic E-state index is 10.8. The van der Waals surface area contributed by atoms with Crippen LogP contribution in [0.25, 0.3) is 0 Å². The van der Waals surface area contributed by atoms with Crippen LogP contribution < -0.4 is 0 Å². The first kappa shape index (κ1) is 21.7. The zero-order valence-corrected chi connectivity index (χ0v) is 19.0. The summed E-state index contributed by atoms with van der Waals surface area (Å²) in [6.45, 7) is 7.66. The average molecular weight is 405 g/mol. The highest BCUT2D eigenvalue weighted by molar-refractivity contribution is 5.66. The minimum atomic E-state index is -0.650. The van der Waals surface area contributed by atoms with E-state index in [1.807, 2.05) is 0 Å². The van der Waals surface area contributed by atoms with Crippen molar-refractivity contribution >= 4 is 5.97 Å². The summed E-state index contributed by atoms with van der Waals surface area (Å²) >= 11 is 0. The predicted molar refractivity (Wildman–Crippen MR) is 116 cm³/mol. The Morgan fingerprint density at radius 3 is 2.45 bits per heavy atom. The van der Waals surface area contributed by atoms with Gasteiger partial charge in [-0.05, 0) is 111 Å². The van der Waals surface area contributed by atoms with Crippen molar-refractivity contribution in [1.82, 2.24) is 0 Å². The van der Waals surface area contributed by atoms with Gasteiger partial charge in [-0.25, -0.2) is 0 Å². The summed E-state index contributed by atoms with van der Waals surface area (Å²) in [7, 11) is 0. The van der Waals surface area contributed by atoms with Gasteiger partial charge in [0, 0.05) is 6.42 Å². The Morgan fingerprint density at radius 2 is 1.69 bits per heavy atom. The number of unbranched alkanes of at least 4 members (excludes halogenated alkanes) is 1. The van der Waals surface area contributed by atoms with Crippen molar-refractivity contribution in [3.05, 3.63) is 0 Å². The number of aliphatic hydroxyl groups excluding tert-OH is 1. The molecule has 9 atom stereocenters. The predicted octanol–water partition coefficient (Wildman–Crippen LogP) is 6.29. The molecule has 0 saturated heterocycles. The number of carboxylic acids is 1. The fourth-order valence-electron chi connectivity index (χ4n) is 9.15. The van der Waals surface area contributed by atoms with Crippen molar-refractivity contribution in [1.29, 1.82) is 0 Å². The molecule has 0 bridgehead atoms. The van der Waals surface area contributed by atoms with Crippen molar-refractivity contribution in [2.24, 2.45) is 46.3 Å². The third kappa shape index (κ3) is 3.79. The summed E-state index contributed by atoms with van der Waals surface area (Å²) in [6.07, 6.45) is 15.1. The molecule has 0 heterocycles. The van der Waals surface area contributed by atoms with Crippen LogP contribution in [0, 0.1) is 46.3 Å². The monoisotopic (exact) mass is 404 g/mol.